The molecule has 0 saturated carbocycles. The number of hydrogen-bond donors (Lipinski definition) is 0. The summed E-state index contributed by atoms with van der Waals surface area (Å²) < 4.78 is 38.1. The number of aryl methyl sites for hydroxylation is 2. The van der Waals surface area contributed by atoms with Crippen LogP contribution in [0.2, 0.25) is 0 Å². The molecule has 1 aliphatic rings. The molecular weight excluding hydrogens is 545 g/mol. The van der Waals surface area contributed by atoms with E-state index in [2.05, 4.69) is 46.6 Å². The zero-order valence-electron chi connectivity index (χ0n) is 21.1. The molecule has 0 amide bonds. The van der Waals surface area contributed by atoms with Gasteiger partial charge in [0.15, 0.2) is 5.69 Å². The Morgan fingerprint density at radius 1 is 0.769 bits per heavy atom. The van der Waals surface area contributed by atoms with E-state index < -0.39 is 11.9 Å². The van der Waals surface area contributed by atoms with Crippen LogP contribution in [0.5, 0.6) is 0 Å². The normalized spacial score (nSPS) is 14.5. The molecule has 0 atom stereocenters. The van der Waals surface area contributed by atoms with Gasteiger partial charge in [-0.3, -0.25) is 0 Å². The van der Waals surface area contributed by atoms with Gasteiger partial charge in [0, 0.05) is 18.5 Å². The number of thiazole rings is 1. The predicted octanol–water partition coefficient (Wildman–Crippen LogP) is 10.7. The molecule has 0 aliphatic carbocycles. The van der Waals surface area contributed by atoms with E-state index in [9.17, 15) is 13.2 Å². The number of rotatable bonds is 7. The maximum Gasteiger partial charge on any atom is 0.434 e. The lowest BCUT2D eigenvalue weighted by atomic mass is 10.2. The average molecular weight is 569 g/mol. The van der Waals surface area contributed by atoms with Crippen LogP contribution in [0, 0.1) is 13.8 Å². The number of hydrogen-bond acceptors (Lipinski definition) is 10. The first-order valence-corrected chi connectivity index (χ1v) is 13.8. The van der Waals surface area contributed by atoms with Gasteiger partial charge in [-0.2, -0.15) is 23.4 Å². The molecule has 200 valence electrons. The molecule has 0 spiro atoms. The fourth-order valence-electron chi connectivity index (χ4n) is 3.86. The maximum atomic E-state index is 12.7. The molecule has 39 heavy (non-hydrogen) atoms. The van der Waals surface area contributed by atoms with Crippen LogP contribution in [0.3, 0.4) is 0 Å². The molecule has 1 saturated heterocycles. The fraction of sp³-hybridized carbons (Fsp3) is 0.269. The summed E-state index contributed by atoms with van der Waals surface area (Å²) in [7, 11) is 0. The Labute approximate surface area is 230 Å². The lowest BCUT2D eigenvalue weighted by molar-refractivity contribution is -0.140. The summed E-state index contributed by atoms with van der Waals surface area (Å²) in [6, 6.07) is 14.9. The van der Waals surface area contributed by atoms with Crippen molar-refractivity contribution >= 4 is 60.6 Å². The first-order valence-electron chi connectivity index (χ1n) is 12.1. The molecule has 2 aromatic carbocycles. The Morgan fingerprint density at radius 2 is 1.38 bits per heavy atom. The summed E-state index contributed by atoms with van der Waals surface area (Å²) in [6.07, 6.45) is -2.03. The second-order valence-electron chi connectivity index (χ2n) is 8.86. The number of anilines is 1. The Morgan fingerprint density at radius 3 is 1.97 bits per heavy atom. The zero-order valence-corrected chi connectivity index (χ0v) is 22.7. The van der Waals surface area contributed by atoms with Crippen molar-refractivity contribution in [2.75, 3.05) is 18.0 Å². The molecule has 0 radical (unpaired) electrons. The van der Waals surface area contributed by atoms with Crippen molar-refractivity contribution in [2.24, 2.45) is 30.7 Å². The van der Waals surface area contributed by atoms with E-state index in [4.69, 9.17) is 0 Å². The largest absolute Gasteiger partial charge is 0.434 e. The van der Waals surface area contributed by atoms with Crippen molar-refractivity contribution in [3.05, 3.63) is 70.7 Å². The smallest absolute Gasteiger partial charge is 0.363 e. The molecule has 0 unspecified atom stereocenters. The van der Waals surface area contributed by atoms with Crippen molar-refractivity contribution in [2.45, 2.75) is 32.9 Å². The highest BCUT2D eigenvalue weighted by molar-refractivity contribution is 7.19. The van der Waals surface area contributed by atoms with Gasteiger partial charge in [-0.25, -0.2) is 4.98 Å². The van der Waals surface area contributed by atoms with Gasteiger partial charge in [-0.05, 0) is 86.3 Å². The lowest BCUT2D eigenvalue weighted by Gasteiger charge is -2.13. The highest BCUT2D eigenvalue weighted by Crippen LogP contribution is 2.36. The third kappa shape index (κ3) is 6.79. The monoisotopic (exact) mass is 568 g/mol. The third-order valence-electron chi connectivity index (χ3n) is 5.92. The van der Waals surface area contributed by atoms with E-state index >= 15 is 0 Å². The minimum absolute atomic E-state index is 0.0637. The van der Waals surface area contributed by atoms with E-state index in [0.29, 0.717) is 17.1 Å². The van der Waals surface area contributed by atoms with E-state index in [1.54, 1.807) is 29.5 Å². The summed E-state index contributed by atoms with van der Waals surface area (Å²) in [4.78, 5) is 5.83. The number of aromatic nitrogens is 1. The standard InChI is InChI=1S/C26H23F3N8S2/c1-16-14-19(32-35-23-9-10-24(39-23)37-11-3-4-12-37)6-7-20(16)33-31-18-5-8-21(17(2)13-18)34-36-25-30-22(15-38-25)26(27,28)29/h5-10,13-15H,3-4,11-12H2,1-2H3/b33-31+,35-32+,36-34+. The van der Waals surface area contributed by atoms with E-state index in [-0.39, 0.29) is 5.13 Å². The van der Waals surface area contributed by atoms with Crippen LogP contribution in [0.15, 0.2) is 84.6 Å². The first-order chi connectivity index (χ1) is 18.7. The van der Waals surface area contributed by atoms with Gasteiger partial charge >= 0.3 is 6.18 Å². The second-order valence-corrected chi connectivity index (χ2v) is 10.7. The summed E-state index contributed by atoms with van der Waals surface area (Å²) >= 11 is 2.43. The highest BCUT2D eigenvalue weighted by Gasteiger charge is 2.33. The van der Waals surface area contributed by atoms with Crippen molar-refractivity contribution in [3.63, 3.8) is 0 Å². The Balaban J connectivity index is 1.22. The van der Waals surface area contributed by atoms with E-state index in [0.717, 1.165) is 51.6 Å². The van der Waals surface area contributed by atoms with Gasteiger partial charge in [0.1, 0.15) is 5.00 Å². The van der Waals surface area contributed by atoms with Gasteiger partial charge in [0.25, 0.3) is 0 Å². The fourth-order valence-corrected chi connectivity index (χ4v) is 5.38. The van der Waals surface area contributed by atoms with Crippen LogP contribution in [-0.4, -0.2) is 18.1 Å². The Hall–Kier alpha value is -3.84. The van der Waals surface area contributed by atoms with Crippen molar-refractivity contribution in [1.82, 2.24) is 4.98 Å². The van der Waals surface area contributed by atoms with Crippen LogP contribution in [0.25, 0.3) is 0 Å². The molecule has 1 aliphatic heterocycles. The van der Waals surface area contributed by atoms with Crippen LogP contribution < -0.4 is 4.90 Å². The Bertz CT molecular complexity index is 1550. The summed E-state index contributed by atoms with van der Waals surface area (Å²) in [5, 5.41) is 28.2. The lowest BCUT2D eigenvalue weighted by Crippen LogP contribution is -2.15. The highest BCUT2D eigenvalue weighted by atomic mass is 32.1. The van der Waals surface area contributed by atoms with E-state index in [1.165, 1.54) is 17.8 Å². The molecule has 0 N–H and O–H groups in total. The van der Waals surface area contributed by atoms with Gasteiger partial charge in [-0.1, -0.05) is 11.3 Å². The molecule has 13 heteroatoms. The topological polar surface area (TPSA) is 90.3 Å². The van der Waals surface area contributed by atoms with E-state index in [1.807, 2.05) is 38.1 Å². The summed E-state index contributed by atoms with van der Waals surface area (Å²) in [6.45, 7) is 5.94. The molecular formula is C26H23F3N8S2. The van der Waals surface area contributed by atoms with Gasteiger partial charge < -0.3 is 4.90 Å². The minimum atomic E-state index is -4.50. The average Bonchev–Trinajstić information content (AvgIpc) is 3.68. The number of halogens is 3. The zero-order chi connectivity index (χ0) is 27.4. The molecule has 0 bridgehead atoms. The number of thiophene rings is 1. The molecule has 8 nitrogen and oxygen atoms in total. The number of azo groups is 3. The minimum Gasteiger partial charge on any atom is -0.363 e. The summed E-state index contributed by atoms with van der Waals surface area (Å²) in [5.74, 6) is 0. The molecule has 2 aromatic heterocycles. The molecule has 5 rings (SSSR count). The SMILES string of the molecule is Cc1cc(/N=N/c2ccc(N3CCCC3)s2)ccc1/N=N/c1ccc(/N=N/c2nc(C(F)(F)F)cs2)c(C)c1. The van der Waals surface area contributed by atoms with Crippen molar-refractivity contribution < 1.29 is 13.2 Å². The molecule has 3 heterocycles. The summed E-state index contributed by atoms with van der Waals surface area (Å²) in [5.41, 5.74) is 3.22. The quantitative estimate of drug-likeness (QED) is 0.207. The number of benzene rings is 2. The van der Waals surface area contributed by atoms with Crippen molar-refractivity contribution in [3.8, 4) is 0 Å². The van der Waals surface area contributed by atoms with Gasteiger partial charge in [0.05, 0.1) is 27.8 Å². The predicted molar refractivity (Wildman–Crippen MR) is 148 cm³/mol. The maximum absolute atomic E-state index is 12.7. The van der Waals surface area contributed by atoms with Gasteiger partial charge in [-0.15, -0.1) is 31.8 Å². The van der Waals surface area contributed by atoms with Crippen LogP contribution in [0.4, 0.5) is 51.1 Å². The molecule has 1 fully saturated rings. The molecule has 4 aromatic rings. The second kappa shape index (κ2) is 11.5. The van der Waals surface area contributed by atoms with Crippen LogP contribution in [0.1, 0.15) is 29.7 Å². The first kappa shape index (κ1) is 26.8. The third-order valence-corrected chi connectivity index (χ3v) is 7.67. The Kier molecular flexibility index (Phi) is 7.89. The van der Waals surface area contributed by atoms with Crippen LogP contribution >= 0.6 is 22.7 Å². The van der Waals surface area contributed by atoms with Crippen molar-refractivity contribution in [1.29, 1.82) is 0 Å². The van der Waals surface area contributed by atoms with Crippen LogP contribution in [-0.2, 0) is 6.18 Å². The number of alkyl halides is 3. The van der Waals surface area contributed by atoms with Gasteiger partial charge in [0.2, 0.25) is 5.13 Å². The number of nitrogens with zero attached hydrogens (tertiary/aromatic N) is 8.